The van der Waals surface area contributed by atoms with E-state index in [9.17, 15) is 4.79 Å². The second kappa shape index (κ2) is 8.60. The van der Waals surface area contributed by atoms with Crippen LogP contribution in [0, 0.1) is 5.92 Å². The van der Waals surface area contributed by atoms with Crippen molar-refractivity contribution in [3.8, 4) is 5.82 Å². The molecule has 8 nitrogen and oxygen atoms in total. The van der Waals surface area contributed by atoms with Crippen LogP contribution in [0.3, 0.4) is 0 Å². The van der Waals surface area contributed by atoms with E-state index in [0.717, 1.165) is 31.6 Å². The molecule has 1 atom stereocenters. The standard InChI is InChI=1S/C20H23N7O/c28-20(22-11-10-16-5-2-1-3-6-16)17-7-4-12-26(13-17)18-8-9-19(25-24-18)27-15-21-14-23-27/h1-3,5-6,8-9,14-15,17H,4,7,10-13H2,(H,22,28). The first-order valence-electron chi connectivity index (χ1n) is 9.55. The quantitative estimate of drug-likeness (QED) is 0.702. The van der Waals surface area contributed by atoms with Gasteiger partial charge in [-0.3, -0.25) is 4.79 Å². The molecule has 1 amide bonds. The summed E-state index contributed by atoms with van der Waals surface area (Å²) in [5.41, 5.74) is 1.23. The highest BCUT2D eigenvalue weighted by Crippen LogP contribution is 2.21. The van der Waals surface area contributed by atoms with Crippen LogP contribution >= 0.6 is 0 Å². The Morgan fingerprint density at radius 3 is 2.68 bits per heavy atom. The highest BCUT2D eigenvalue weighted by molar-refractivity contribution is 5.79. The fourth-order valence-corrected chi connectivity index (χ4v) is 3.45. The van der Waals surface area contributed by atoms with Gasteiger partial charge >= 0.3 is 0 Å². The van der Waals surface area contributed by atoms with Crippen LogP contribution < -0.4 is 10.2 Å². The van der Waals surface area contributed by atoms with Crippen molar-refractivity contribution >= 4 is 11.7 Å². The maximum atomic E-state index is 12.6. The van der Waals surface area contributed by atoms with E-state index in [-0.39, 0.29) is 11.8 Å². The molecule has 0 spiro atoms. The molecule has 2 aromatic heterocycles. The van der Waals surface area contributed by atoms with E-state index in [4.69, 9.17) is 0 Å². The molecule has 1 aliphatic rings. The molecular formula is C20H23N7O. The topological polar surface area (TPSA) is 88.8 Å². The van der Waals surface area contributed by atoms with Gasteiger partial charge in [-0.05, 0) is 37.0 Å². The normalized spacial score (nSPS) is 16.7. The number of benzene rings is 1. The molecular weight excluding hydrogens is 354 g/mol. The molecule has 1 aliphatic heterocycles. The summed E-state index contributed by atoms with van der Waals surface area (Å²) in [5.74, 6) is 1.49. The Bertz CT molecular complexity index is 881. The second-order valence-corrected chi connectivity index (χ2v) is 6.90. The summed E-state index contributed by atoms with van der Waals surface area (Å²) >= 11 is 0. The average Bonchev–Trinajstić information content (AvgIpc) is 3.30. The van der Waals surface area contributed by atoms with Gasteiger partial charge in [0.2, 0.25) is 5.91 Å². The van der Waals surface area contributed by atoms with Gasteiger partial charge in [-0.15, -0.1) is 10.2 Å². The van der Waals surface area contributed by atoms with Crippen LogP contribution in [0.2, 0.25) is 0 Å². The number of piperidine rings is 1. The molecule has 1 unspecified atom stereocenters. The van der Waals surface area contributed by atoms with Gasteiger partial charge in [0.15, 0.2) is 11.6 Å². The molecule has 144 valence electrons. The second-order valence-electron chi connectivity index (χ2n) is 6.90. The van der Waals surface area contributed by atoms with E-state index < -0.39 is 0 Å². The SMILES string of the molecule is O=C(NCCc1ccccc1)C1CCCN(c2ccc(-n3cncn3)nn2)C1. The average molecular weight is 377 g/mol. The summed E-state index contributed by atoms with van der Waals surface area (Å²) in [7, 11) is 0. The fraction of sp³-hybridized carbons (Fsp3) is 0.350. The molecule has 0 bridgehead atoms. The summed E-state index contributed by atoms with van der Waals surface area (Å²) in [6, 6.07) is 14.0. The molecule has 0 aliphatic carbocycles. The number of nitrogens with zero attached hydrogens (tertiary/aromatic N) is 6. The number of rotatable bonds is 6. The highest BCUT2D eigenvalue weighted by atomic mass is 16.1. The van der Waals surface area contributed by atoms with Crippen molar-refractivity contribution in [3.63, 3.8) is 0 Å². The Labute approximate surface area is 163 Å². The predicted molar refractivity (Wildman–Crippen MR) is 105 cm³/mol. The van der Waals surface area contributed by atoms with Crippen LogP contribution in [0.1, 0.15) is 18.4 Å². The minimum Gasteiger partial charge on any atom is -0.355 e. The van der Waals surface area contributed by atoms with Crippen molar-refractivity contribution in [2.75, 3.05) is 24.5 Å². The molecule has 3 heterocycles. The van der Waals surface area contributed by atoms with Gasteiger partial charge in [0.05, 0.1) is 5.92 Å². The molecule has 3 aromatic rings. The van der Waals surface area contributed by atoms with Crippen LogP contribution in [0.25, 0.3) is 5.82 Å². The minimum absolute atomic E-state index is 0.0266. The minimum atomic E-state index is -0.0266. The largest absolute Gasteiger partial charge is 0.355 e. The van der Waals surface area contributed by atoms with E-state index in [1.165, 1.54) is 11.9 Å². The number of carbonyl (C=O) groups is 1. The van der Waals surface area contributed by atoms with Gasteiger partial charge in [-0.1, -0.05) is 30.3 Å². The van der Waals surface area contributed by atoms with Gasteiger partial charge in [0, 0.05) is 19.6 Å². The smallest absolute Gasteiger partial charge is 0.224 e. The van der Waals surface area contributed by atoms with Gasteiger partial charge in [0.1, 0.15) is 12.7 Å². The Morgan fingerprint density at radius 1 is 1.11 bits per heavy atom. The lowest BCUT2D eigenvalue weighted by Gasteiger charge is -2.32. The summed E-state index contributed by atoms with van der Waals surface area (Å²) in [6.07, 6.45) is 5.75. The van der Waals surface area contributed by atoms with Crippen molar-refractivity contribution < 1.29 is 4.79 Å². The van der Waals surface area contributed by atoms with Crippen molar-refractivity contribution in [1.29, 1.82) is 0 Å². The number of amides is 1. The van der Waals surface area contributed by atoms with Crippen LogP contribution in [-0.4, -0.2) is 50.5 Å². The van der Waals surface area contributed by atoms with Crippen molar-refractivity contribution in [2.24, 2.45) is 5.92 Å². The van der Waals surface area contributed by atoms with E-state index >= 15 is 0 Å². The predicted octanol–water partition coefficient (Wildman–Crippen LogP) is 1.63. The van der Waals surface area contributed by atoms with Gasteiger partial charge in [-0.25, -0.2) is 9.67 Å². The number of hydrogen-bond acceptors (Lipinski definition) is 6. The third kappa shape index (κ3) is 4.33. The molecule has 28 heavy (non-hydrogen) atoms. The first kappa shape index (κ1) is 18.1. The van der Waals surface area contributed by atoms with Gasteiger partial charge in [0.25, 0.3) is 0 Å². The lowest BCUT2D eigenvalue weighted by atomic mass is 9.97. The Morgan fingerprint density at radius 2 is 1.93 bits per heavy atom. The van der Waals surface area contributed by atoms with Crippen LogP contribution in [0.4, 0.5) is 5.82 Å². The van der Waals surface area contributed by atoms with Crippen LogP contribution in [0.15, 0.2) is 55.1 Å². The van der Waals surface area contributed by atoms with Crippen LogP contribution in [-0.2, 0) is 11.2 Å². The first-order valence-corrected chi connectivity index (χ1v) is 9.55. The molecule has 0 radical (unpaired) electrons. The number of aromatic nitrogens is 5. The highest BCUT2D eigenvalue weighted by Gasteiger charge is 2.26. The fourth-order valence-electron chi connectivity index (χ4n) is 3.45. The van der Waals surface area contributed by atoms with Crippen molar-refractivity contribution in [1.82, 2.24) is 30.3 Å². The molecule has 8 heteroatoms. The maximum Gasteiger partial charge on any atom is 0.224 e. The zero-order valence-electron chi connectivity index (χ0n) is 15.6. The number of carbonyl (C=O) groups excluding carboxylic acids is 1. The number of anilines is 1. The Kier molecular flexibility index (Phi) is 5.56. The molecule has 1 fully saturated rings. The third-order valence-corrected chi connectivity index (χ3v) is 4.96. The first-order chi connectivity index (χ1) is 13.8. The lowest BCUT2D eigenvalue weighted by molar-refractivity contribution is -0.125. The van der Waals surface area contributed by atoms with Crippen molar-refractivity contribution in [2.45, 2.75) is 19.3 Å². The zero-order valence-corrected chi connectivity index (χ0v) is 15.6. The van der Waals surface area contributed by atoms with E-state index in [0.29, 0.717) is 18.9 Å². The third-order valence-electron chi connectivity index (χ3n) is 4.96. The molecule has 0 saturated carbocycles. The van der Waals surface area contributed by atoms with Gasteiger partial charge < -0.3 is 10.2 Å². The van der Waals surface area contributed by atoms with E-state index in [1.54, 1.807) is 11.0 Å². The summed E-state index contributed by atoms with van der Waals surface area (Å²) in [4.78, 5) is 18.6. The summed E-state index contributed by atoms with van der Waals surface area (Å²) in [5, 5.41) is 15.7. The molecule has 1 N–H and O–H groups in total. The Balaban J connectivity index is 1.31. The number of nitrogens with one attached hydrogen (secondary N) is 1. The molecule has 1 saturated heterocycles. The monoisotopic (exact) mass is 377 g/mol. The number of hydrogen-bond donors (Lipinski definition) is 1. The zero-order chi connectivity index (χ0) is 19.2. The van der Waals surface area contributed by atoms with Crippen molar-refractivity contribution in [3.05, 3.63) is 60.7 Å². The van der Waals surface area contributed by atoms with E-state index in [1.807, 2.05) is 30.3 Å². The summed E-state index contributed by atoms with van der Waals surface area (Å²) < 4.78 is 1.57. The molecule has 1 aromatic carbocycles. The van der Waals surface area contributed by atoms with E-state index in [2.05, 4.69) is 42.6 Å². The maximum absolute atomic E-state index is 12.6. The summed E-state index contributed by atoms with van der Waals surface area (Å²) in [6.45, 7) is 2.20. The lowest BCUT2D eigenvalue weighted by Crippen LogP contribution is -2.43. The van der Waals surface area contributed by atoms with Crippen LogP contribution in [0.5, 0.6) is 0 Å². The van der Waals surface area contributed by atoms with Gasteiger partial charge in [-0.2, -0.15) is 5.10 Å². The molecule has 4 rings (SSSR count). The Hall–Kier alpha value is -3.29.